The summed E-state index contributed by atoms with van der Waals surface area (Å²) in [6, 6.07) is 3.00. The van der Waals surface area contributed by atoms with Crippen molar-refractivity contribution in [1.29, 1.82) is 0 Å². The zero-order valence-corrected chi connectivity index (χ0v) is 19.2. The smallest absolute Gasteiger partial charge is 0.191 e. The average molecular weight is 509 g/mol. The Kier molecular flexibility index (Phi) is 13.2. The number of unbranched alkanes of at least 4 members (excludes halogenated alkanes) is 1. The van der Waals surface area contributed by atoms with Crippen molar-refractivity contribution >= 4 is 29.9 Å². The molecule has 8 heteroatoms. The lowest BCUT2D eigenvalue weighted by Gasteiger charge is -2.21. The van der Waals surface area contributed by atoms with Crippen LogP contribution in [0, 0.1) is 5.82 Å². The summed E-state index contributed by atoms with van der Waals surface area (Å²) in [6.07, 6.45) is 3.79. The summed E-state index contributed by atoms with van der Waals surface area (Å²) in [5.41, 5.74) is 1.61. The lowest BCUT2D eigenvalue weighted by molar-refractivity contribution is -0.0172. The molecule has 2 rings (SSSR count). The lowest BCUT2D eigenvalue weighted by atomic mass is 10.1. The maximum Gasteiger partial charge on any atom is 0.191 e. The van der Waals surface area contributed by atoms with Crippen LogP contribution >= 0.6 is 24.0 Å². The van der Waals surface area contributed by atoms with E-state index in [0.717, 1.165) is 61.9 Å². The van der Waals surface area contributed by atoms with Crippen LogP contribution in [-0.2, 0) is 22.5 Å². The third-order valence-corrected chi connectivity index (χ3v) is 4.14. The molecule has 0 aromatic heterocycles. The fraction of sp³-hybridized carbons (Fsp3) is 0.650. The van der Waals surface area contributed by atoms with Crippen LogP contribution in [0.3, 0.4) is 0 Å². The van der Waals surface area contributed by atoms with Gasteiger partial charge in [0.1, 0.15) is 11.6 Å². The molecule has 2 N–H and O–H groups in total. The Bertz CT molecular complexity index is 602. The molecule has 28 heavy (non-hydrogen) atoms. The van der Waals surface area contributed by atoms with Gasteiger partial charge in [0.25, 0.3) is 0 Å². The van der Waals surface area contributed by atoms with Gasteiger partial charge in [0.15, 0.2) is 12.8 Å². The zero-order valence-electron chi connectivity index (χ0n) is 16.9. The van der Waals surface area contributed by atoms with Crippen molar-refractivity contribution in [3.05, 3.63) is 29.1 Å². The third kappa shape index (κ3) is 8.91. The van der Waals surface area contributed by atoms with Gasteiger partial charge in [-0.15, -0.1) is 24.0 Å². The minimum absolute atomic E-state index is 0. The SMILES string of the molecule is CCCCOCCCN=C(NCC)NCCc1cc(F)cc2c1OCOC2.I. The van der Waals surface area contributed by atoms with Crippen molar-refractivity contribution in [2.75, 3.05) is 39.6 Å². The Hall–Kier alpha value is -1.13. The minimum atomic E-state index is -0.263. The molecule has 0 saturated carbocycles. The number of nitrogens with one attached hydrogen (secondary N) is 2. The third-order valence-electron chi connectivity index (χ3n) is 4.14. The summed E-state index contributed by atoms with van der Waals surface area (Å²) < 4.78 is 30.1. The Labute approximate surface area is 184 Å². The van der Waals surface area contributed by atoms with Crippen molar-refractivity contribution < 1.29 is 18.6 Å². The van der Waals surface area contributed by atoms with E-state index in [0.29, 0.717) is 26.1 Å². The van der Waals surface area contributed by atoms with E-state index in [1.165, 1.54) is 12.1 Å². The number of aliphatic imine (C=N–C) groups is 1. The Morgan fingerprint density at radius 2 is 2.04 bits per heavy atom. The minimum Gasteiger partial charge on any atom is -0.467 e. The van der Waals surface area contributed by atoms with Crippen molar-refractivity contribution in [3.63, 3.8) is 0 Å². The number of halogens is 2. The zero-order chi connectivity index (χ0) is 19.3. The highest BCUT2D eigenvalue weighted by molar-refractivity contribution is 14.0. The quantitative estimate of drug-likeness (QED) is 0.207. The number of guanidine groups is 1. The Morgan fingerprint density at radius 3 is 2.82 bits per heavy atom. The number of hydrogen-bond donors (Lipinski definition) is 2. The maximum absolute atomic E-state index is 13.8. The van der Waals surface area contributed by atoms with Gasteiger partial charge >= 0.3 is 0 Å². The van der Waals surface area contributed by atoms with Crippen molar-refractivity contribution in [1.82, 2.24) is 10.6 Å². The Balaban J connectivity index is 0.00000392. The van der Waals surface area contributed by atoms with Crippen molar-refractivity contribution in [2.24, 2.45) is 4.99 Å². The molecule has 0 aliphatic carbocycles. The molecule has 0 atom stereocenters. The molecule has 0 saturated heterocycles. The second-order valence-electron chi connectivity index (χ2n) is 6.42. The highest BCUT2D eigenvalue weighted by Gasteiger charge is 2.16. The van der Waals surface area contributed by atoms with Gasteiger partial charge in [0, 0.05) is 38.4 Å². The van der Waals surface area contributed by atoms with Crippen LogP contribution in [0.1, 0.15) is 44.2 Å². The van der Waals surface area contributed by atoms with E-state index in [-0.39, 0.29) is 36.6 Å². The summed E-state index contributed by atoms with van der Waals surface area (Å²) in [5, 5.41) is 6.52. The summed E-state index contributed by atoms with van der Waals surface area (Å²) in [5.74, 6) is 1.25. The summed E-state index contributed by atoms with van der Waals surface area (Å²) >= 11 is 0. The van der Waals surface area contributed by atoms with E-state index in [4.69, 9.17) is 14.2 Å². The Morgan fingerprint density at radius 1 is 1.21 bits per heavy atom. The summed E-state index contributed by atoms with van der Waals surface area (Å²) in [4.78, 5) is 4.56. The normalized spacial score (nSPS) is 13.3. The first-order chi connectivity index (χ1) is 13.2. The number of nitrogens with zero attached hydrogens (tertiary/aromatic N) is 1. The predicted octanol–water partition coefficient (Wildman–Crippen LogP) is 3.61. The van der Waals surface area contributed by atoms with Gasteiger partial charge in [0.2, 0.25) is 0 Å². The van der Waals surface area contributed by atoms with Crippen LogP contribution in [0.15, 0.2) is 17.1 Å². The van der Waals surface area contributed by atoms with Gasteiger partial charge in [-0.2, -0.15) is 0 Å². The highest BCUT2D eigenvalue weighted by atomic mass is 127. The molecule has 0 bridgehead atoms. The molecule has 1 aliphatic rings. The number of hydrogen-bond acceptors (Lipinski definition) is 4. The number of benzene rings is 1. The lowest BCUT2D eigenvalue weighted by Crippen LogP contribution is -2.38. The first-order valence-electron chi connectivity index (χ1n) is 9.86. The molecule has 160 valence electrons. The van der Waals surface area contributed by atoms with Crippen LogP contribution < -0.4 is 15.4 Å². The molecule has 6 nitrogen and oxygen atoms in total. The van der Waals surface area contributed by atoms with Crippen LogP contribution in [0.25, 0.3) is 0 Å². The highest BCUT2D eigenvalue weighted by Crippen LogP contribution is 2.29. The molecule has 1 aliphatic heterocycles. The molecule has 1 heterocycles. The summed E-state index contributed by atoms with van der Waals surface area (Å²) in [6.45, 7) is 8.47. The van der Waals surface area contributed by atoms with Gasteiger partial charge < -0.3 is 24.8 Å². The standard InChI is InChI=1S/C20H32FN3O3.HI/c1-3-5-10-25-11-6-8-23-20(22-4-2)24-9-7-16-12-18(21)13-17-14-26-15-27-19(16)17;/h12-13H,3-11,14-15H2,1-2H3,(H2,22,23,24);1H. The molecule has 1 aromatic rings. The molecule has 0 radical (unpaired) electrons. The second-order valence-corrected chi connectivity index (χ2v) is 6.42. The van der Waals surface area contributed by atoms with Gasteiger partial charge in [-0.3, -0.25) is 4.99 Å². The average Bonchev–Trinajstić information content (AvgIpc) is 2.67. The van der Waals surface area contributed by atoms with Gasteiger partial charge in [-0.1, -0.05) is 13.3 Å². The molecule has 0 spiro atoms. The van der Waals surface area contributed by atoms with Gasteiger partial charge in [-0.05, 0) is 43.9 Å². The van der Waals surface area contributed by atoms with Crippen LogP contribution in [0.4, 0.5) is 4.39 Å². The number of ether oxygens (including phenoxy) is 3. The molecular weight excluding hydrogens is 476 g/mol. The first-order valence-corrected chi connectivity index (χ1v) is 9.86. The van der Waals surface area contributed by atoms with Crippen LogP contribution in [-0.4, -0.2) is 45.6 Å². The fourth-order valence-electron chi connectivity index (χ4n) is 2.81. The van der Waals surface area contributed by atoms with Crippen molar-refractivity contribution in [3.8, 4) is 5.75 Å². The van der Waals surface area contributed by atoms with E-state index >= 15 is 0 Å². The van der Waals surface area contributed by atoms with E-state index in [9.17, 15) is 4.39 Å². The maximum atomic E-state index is 13.8. The van der Waals surface area contributed by atoms with E-state index < -0.39 is 0 Å². The van der Waals surface area contributed by atoms with E-state index in [1.54, 1.807) is 0 Å². The number of fused-ring (bicyclic) bond motifs is 1. The van der Waals surface area contributed by atoms with Gasteiger partial charge in [-0.25, -0.2) is 4.39 Å². The molecule has 1 aromatic carbocycles. The first kappa shape index (κ1) is 24.9. The summed E-state index contributed by atoms with van der Waals surface area (Å²) in [7, 11) is 0. The number of rotatable bonds is 11. The molecular formula is C20H33FIN3O3. The molecule has 0 amide bonds. The molecule has 0 fully saturated rings. The largest absolute Gasteiger partial charge is 0.467 e. The van der Waals surface area contributed by atoms with E-state index in [1.807, 2.05) is 6.92 Å². The van der Waals surface area contributed by atoms with Gasteiger partial charge in [0.05, 0.1) is 6.61 Å². The fourth-order valence-corrected chi connectivity index (χ4v) is 2.81. The predicted molar refractivity (Wildman–Crippen MR) is 120 cm³/mol. The molecule has 0 unspecified atom stereocenters. The second kappa shape index (κ2) is 14.8. The van der Waals surface area contributed by atoms with Crippen LogP contribution in [0.2, 0.25) is 0 Å². The topological polar surface area (TPSA) is 64.1 Å². The van der Waals surface area contributed by atoms with Crippen molar-refractivity contribution in [2.45, 2.75) is 46.1 Å². The monoisotopic (exact) mass is 509 g/mol. The van der Waals surface area contributed by atoms with Crippen LogP contribution in [0.5, 0.6) is 5.75 Å². The van der Waals surface area contributed by atoms with E-state index in [2.05, 4.69) is 22.5 Å².